The predicted octanol–water partition coefficient (Wildman–Crippen LogP) is 1.20. The lowest BCUT2D eigenvalue weighted by Crippen LogP contribution is -2.46. The Labute approximate surface area is 119 Å². The highest BCUT2D eigenvalue weighted by Crippen LogP contribution is 2.32. The number of morpholine rings is 1. The highest BCUT2D eigenvalue weighted by Gasteiger charge is 2.31. The molecule has 1 fully saturated rings. The van der Waals surface area contributed by atoms with Crippen molar-refractivity contribution in [2.45, 2.75) is 17.2 Å². The fourth-order valence-electron chi connectivity index (χ4n) is 1.71. The van der Waals surface area contributed by atoms with E-state index in [-0.39, 0.29) is 13.2 Å². The summed E-state index contributed by atoms with van der Waals surface area (Å²) >= 11 is 4.54. The molecule has 0 radical (unpaired) electrons. The molecule has 0 bridgehead atoms. The maximum Gasteiger partial charge on any atom is 0.252 e. The Hall–Kier alpha value is 0.01000. The van der Waals surface area contributed by atoms with Gasteiger partial charge in [0.1, 0.15) is 4.21 Å². The van der Waals surface area contributed by atoms with Gasteiger partial charge in [-0.2, -0.15) is 4.31 Å². The van der Waals surface area contributed by atoms with Crippen LogP contribution in [0, 0.1) is 6.92 Å². The summed E-state index contributed by atoms with van der Waals surface area (Å²) in [5.41, 5.74) is 0.908. The molecule has 1 N–H and O–H groups in total. The van der Waals surface area contributed by atoms with Gasteiger partial charge in [0.25, 0.3) is 10.0 Å². The number of thiophene rings is 1. The minimum Gasteiger partial charge on any atom is -0.394 e. The molecular weight excluding hydrogens is 342 g/mol. The second-order valence-corrected chi connectivity index (χ2v) is 8.60. The maximum absolute atomic E-state index is 12.4. The van der Waals surface area contributed by atoms with E-state index in [1.807, 2.05) is 6.92 Å². The Morgan fingerprint density at radius 1 is 1.67 bits per heavy atom. The minimum absolute atomic E-state index is 0.167. The Morgan fingerprint density at radius 3 is 2.94 bits per heavy atom. The highest BCUT2D eigenvalue weighted by atomic mass is 79.9. The number of halogens is 1. The molecule has 18 heavy (non-hydrogen) atoms. The van der Waals surface area contributed by atoms with Crippen molar-refractivity contribution < 1.29 is 18.3 Å². The molecule has 1 unspecified atom stereocenters. The number of aryl methyl sites for hydroxylation is 1. The number of aliphatic hydroxyl groups is 1. The lowest BCUT2D eigenvalue weighted by molar-refractivity contribution is -0.0304. The van der Waals surface area contributed by atoms with Crippen LogP contribution in [0.3, 0.4) is 0 Å². The fraction of sp³-hybridized carbons (Fsp3) is 0.600. The van der Waals surface area contributed by atoms with Crippen molar-refractivity contribution in [3.8, 4) is 0 Å². The van der Waals surface area contributed by atoms with Gasteiger partial charge in [-0.15, -0.1) is 11.3 Å². The summed E-state index contributed by atoms with van der Waals surface area (Å²) < 4.78 is 32.6. The van der Waals surface area contributed by atoms with E-state index >= 15 is 0 Å². The third kappa shape index (κ3) is 2.78. The first-order valence-corrected chi connectivity index (χ1v) is 8.48. The van der Waals surface area contributed by atoms with E-state index < -0.39 is 16.1 Å². The molecule has 0 saturated carbocycles. The summed E-state index contributed by atoms with van der Waals surface area (Å²) in [7, 11) is -3.48. The van der Waals surface area contributed by atoms with E-state index in [4.69, 9.17) is 9.84 Å². The van der Waals surface area contributed by atoms with Crippen LogP contribution in [0.15, 0.2) is 14.1 Å². The van der Waals surface area contributed by atoms with Crippen LogP contribution in [0.5, 0.6) is 0 Å². The minimum atomic E-state index is -3.48. The molecule has 1 atom stereocenters. The molecule has 2 rings (SSSR count). The van der Waals surface area contributed by atoms with Gasteiger partial charge in [0.15, 0.2) is 0 Å². The van der Waals surface area contributed by atoms with Gasteiger partial charge >= 0.3 is 0 Å². The summed E-state index contributed by atoms with van der Waals surface area (Å²) in [6.45, 7) is 2.53. The molecule has 102 valence electrons. The second-order valence-electron chi connectivity index (χ2n) is 4.06. The summed E-state index contributed by atoms with van der Waals surface area (Å²) in [4.78, 5) is 0. The summed E-state index contributed by atoms with van der Waals surface area (Å²) in [6.07, 6.45) is -0.432. The topological polar surface area (TPSA) is 66.8 Å². The third-order valence-corrected chi connectivity index (χ3v) is 7.18. The number of aliphatic hydroxyl groups excluding tert-OH is 1. The first-order valence-electron chi connectivity index (χ1n) is 5.43. The van der Waals surface area contributed by atoms with Gasteiger partial charge in [0.2, 0.25) is 0 Å². The van der Waals surface area contributed by atoms with Crippen LogP contribution in [-0.2, 0) is 14.8 Å². The number of hydrogen-bond donors (Lipinski definition) is 1. The van der Waals surface area contributed by atoms with Gasteiger partial charge in [-0.05, 0) is 34.5 Å². The molecule has 5 nitrogen and oxygen atoms in total. The SMILES string of the molecule is Cc1cc(S(=O)(=O)N2CCOC(CO)C2)sc1Br. The summed E-state index contributed by atoms with van der Waals surface area (Å²) in [5.74, 6) is 0. The standard InChI is InChI=1S/C10H14BrNO4S2/c1-7-4-9(17-10(7)11)18(14,15)12-2-3-16-8(5-12)6-13/h4,8,13H,2-3,5-6H2,1H3. The first kappa shape index (κ1) is 14.4. The normalized spacial score (nSPS) is 22.3. The van der Waals surface area contributed by atoms with E-state index in [1.165, 1.54) is 15.6 Å². The summed E-state index contributed by atoms with van der Waals surface area (Å²) in [5, 5.41) is 9.04. The molecular formula is C10H14BrNO4S2. The molecule has 1 aliphatic heterocycles. The molecule has 2 heterocycles. The lowest BCUT2D eigenvalue weighted by atomic mass is 10.3. The van der Waals surface area contributed by atoms with Crippen LogP contribution in [0.4, 0.5) is 0 Å². The van der Waals surface area contributed by atoms with Crippen molar-refractivity contribution in [2.24, 2.45) is 0 Å². The number of sulfonamides is 1. The fourth-order valence-corrected chi connectivity index (χ4v) is 5.54. The molecule has 0 aliphatic carbocycles. The predicted molar refractivity (Wildman–Crippen MR) is 72.3 cm³/mol. The Morgan fingerprint density at radius 2 is 2.39 bits per heavy atom. The van der Waals surface area contributed by atoms with E-state index in [2.05, 4.69) is 15.9 Å². The largest absolute Gasteiger partial charge is 0.394 e. The van der Waals surface area contributed by atoms with Crippen LogP contribution < -0.4 is 0 Å². The van der Waals surface area contributed by atoms with E-state index in [0.717, 1.165) is 9.35 Å². The Bertz CT molecular complexity index is 508. The number of nitrogens with zero attached hydrogens (tertiary/aromatic N) is 1. The van der Waals surface area contributed by atoms with Crippen molar-refractivity contribution in [1.29, 1.82) is 0 Å². The van der Waals surface area contributed by atoms with Gasteiger partial charge in [0.05, 0.1) is 23.1 Å². The third-order valence-electron chi connectivity index (χ3n) is 2.73. The molecule has 1 saturated heterocycles. The molecule has 8 heteroatoms. The van der Waals surface area contributed by atoms with Gasteiger partial charge in [-0.3, -0.25) is 0 Å². The summed E-state index contributed by atoms with van der Waals surface area (Å²) in [6, 6.07) is 1.66. The van der Waals surface area contributed by atoms with Crippen molar-refractivity contribution in [2.75, 3.05) is 26.3 Å². The Kier molecular flexibility index (Phi) is 4.45. The van der Waals surface area contributed by atoms with Crippen LogP contribution in [0.25, 0.3) is 0 Å². The quantitative estimate of drug-likeness (QED) is 0.884. The van der Waals surface area contributed by atoms with Crippen LogP contribution >= 0.6 is 27.3 Å². The molecule has 1 aliphatic rings. The molecule has 0 amide bonds. The van der Waals surface area contributed by atoms with E-state index in [0.29, 0.717) is 17.4 Å². The highest BCUT2D eigenvalue weighted by molar-refractivity contribution is 9.11. The lowest BCUT2D eigenvalue weighted by Gasteiger charge is -2.30. The first-order chi connectivity index (χ1) is 8.45. The zero-order valence-electron chi connectivity index (χ0n) is 9.80. The van der Waals surface area contributed by atoms with Gasteiger partial charge in [0, 0.05) is 13.1 Å². The van der Waals surface area contributed by atoms with Crippen molar-refractivity contribution in [3.63, 3.8) is 0 Å². The molecule has 1 aromatic heterocycles. The van der Waals surface area contributed by atoms with Gasteiger partial charge in [-0.1, -0.05) is 0 Å². The molecule has 0 spiro atoms. The van der Waals surface area contributed by atoms with E-state index in [1.54, 1.807) is 6.07 Å². The second kappa shape index (κ2) is 5.56. The van der Waals surface area contributed by atoms with Gasteiger partial charge < -0.3 is 9.84 Å². The average Bonchev–Trinajstić information content (AvgIpc) is 2.70. The number of rotatable bonds is 3. The smallest absolute Gasteiger partial charge is 0.252 e. The van der Waals surface area contributed by atoms with Crippen molar-refractivity contribution in [1.82, 2.24) is 4.31 Å². The maximum atomic E-state index is 12.4. The molecule has 0 aromatic carbocycles. The zero-order chi connectivity index (χ0) is 13.3. The Balaban J connectivity index is 2.25. The number of ether oxygens (including phenoxy) is 1. The van der Waals surface area contributed by atoms with Crippen molar-refractivity contribution >= 4 is 37.3 Å². The van der Waals surface area contributed by atoms with Crippen LogP contribution in [-0.4, -0.2) is 50.2 Å². The van der Waals surface area contributed by atoms with E-state index in [9.17, 15) is 8.42 Å². The van der Waals surface area contributed by atoms with Crippen molar-refractivity contribution in [3.05, 3.63) is 15.4 Å². The van der Waals surface area contributed by atoms with Crippen LogP contribution in [0.1, 0.15) is 5.56 Å². The van der Waals surface area contributed by atoms with Crippen LogP contribution in [0.2, 0.25) is 0 Å². The van der Waals surface area contributed by atoms with Gasteiger partial charge in [-0.25, -0.2) is 8.42 Å². The average molecular weight is 356 g/mol. The monoisotopic (exact) mass is 355 g/mol. The molecule has 1 aromatic rings. The zero-order valence-corrected chi connectivity index (χ0v) is 13.0. The number of hydrogen-bond acceptors (Lipinski definition) is 5.